The Morgan fingerprint density at radius 2 is 1.26 bits per heavy atom. The van der Waals surface area contributed by atoms with Crippen LogP contribution in [0.5, 0.6) is 0 Å². The molecule has 0 fully saturated rings. The van der Waals surface area contributed by atoms with Crippen molar-refractivity contribution in [2.75, 3.05) is 44.9 Å². The van der Waals surface area contributed by atoms with Gasteiger partial charge in [-0.1, -0.05) is 24.3 Å². The maximum absolute atomic E-state index is 13.0. The number of sulfone groups is 1. The fraction of sp³-hybridized carbons (Fsp3) is 0.235. The molecule has 1 unspecified atom stereocenters. The number of unbranched alkanes of at least 4 members (excludes halogenated alkanes) is 1. The van der Waals surface area contributed by atoms with E-state index in [9.17, 15) is 32.4 Å². The fourth-order valence-corrected chi connectivity index (χ4v) is 7.11. The molecule has 0 saturated heterocycles. The molecule has 4 aromatic heterocycles. The second-order valence-corrected chi connectivity index (χ2v) is 17.3. The maximum atomic E-state index is 13.0. The summed E-state index contributed by atoms with van der Waals surface area (Å²) in [5.74, 6) is -2.86. The molecule has 5 heterocycles. The number of carbonyl (C=O) groups is 5. The molecular weight excluding hydrogens is 1080 g/mol. The average molecular weight is 1130 g/mol. The quantitative estimate of drug-likeness (QED) is 0.0553. The van der Waals surface area contributed by atoms with Crippen LogP contribution in [0.3, 0.4) is 0 Å². The van der Waals surface area contributed by atoms with Gasteiger partial charge in [-0.05, 0) is 73.1 Å². The van der Waals surface area contributed by atoms with Gasteiger partial charge in [0.1, 0.15) is 15.9 Å². The van der Waals surface area contributed by atoms with Gasteiger partial charge in [-0.2, -0.15) is 0 Å². The summed E-state index contributed by atoms with van der Waals surface area (Å²) in [6.07, 6.45) is 11.1. The van der Waals surface area contributed by atoms with Gasteiger partial charge in [0.05, 0.1) is 36.9 Å². The number of carbonyl (C=O) groups excluding carboxylic acids is 5. The molecule has 1 aliphatic heterocycles. The molecule has 0 bridgehead atoms. The molecule has 0 aliphatic carbocycles. The smallest absolute Gasteiger partial charge is 0.253 e. The number of hydrogen-bond acceptors (Lipinski definition) is 12. The van der Waals surface area contributed by atoms with E-state index in [4.69, 9.17) is 4.74 Å². The first kappa shape index (κ1) is 54.5. The monoisotopic (exact) mass is 1130 g/mol. The summed E-state index contributed by atoms with van der Waals surface area (Å²) in [6, 6.07) is 38.9. The third-order valence-electron chi connectivity index (χ3n) is 9.65. The number of ether oxygens (including phenoxy) is 1. The Kier molecular flexibility index (Phi) is 22.8. The van der Waals surface area contributed by atoms with Gasteiger partial charge in [0.25, 0.3) is 17.7 Å². The van der Waals surface area contributed by atoms with E-state index in [2.05, 4.69) is 48.0 Å². The van der Waals surface area contributed by atoms with E-state index >= 15 is 0 Å². The Hall–Kier alpha value is -7.11. The molecule has 3 N–H and O–H groups in total. The number of amides is 5. The van der Waals surface area contributed by atoms with Gasteiger partial charge in [-0.25, -0.2) is 8.42 Å². The number of benzene rings is 2. The molecule has 7 rings (SSSR count). The number of nitrogens with one attached hydrogen (secondary N) is 3. The zero-order valence-corrected chi connectivity index (χ0v) is 41.3. The minimum atomic E-state index is -3.62. The molecule has 0 spiro atoms. The van der Waals surface area contributed by atoms with Crippen molar-refractivity contribution in [1.82, 2.24) is 40.8 Å². The van der Waals surface area contributed by atoms with Crippen LogP contribution in [-0.2, 0) is 53.9 Å². The zero-order valence-electron chi connectivity index (χ0n) is 38.0. The first-order valence-electron chi connectivity index (χ1n) is 21.7. The largest absolute Gasteiger partial charge is 0.378 e. The Bertz CT molecular complexity index is 2550. The van der Waals surface area contributed by atoms with Gasteiger partial charge in [-0.15, -0.1) is 71.8 Å². The average Bonchev–Trinajstić information content (AvgIpc) is 3.68. The molecule has 1 radical (unpaired) electrons. The Labute approximate surface area is 415 Å². The van der Waals surface area contributed by atoms with Gasteiger partial charge in [-0.3, -0.25) is 38.8 Å². The molecule has 1 atom stereocenters. The molecule has 18 heteroatoms. The minimum Gasteiger partial charge on any atom is -0.378 e. The molecule has 1 aliphatic rings. The van der Waals surface area contributed by atoms with Gasteiger partial charge in [0.2, 0.25) is 11.8 Å². The molecule has 5 amide bonds. The van der Waals surface area contributed by atoms with E-state index in [-0.39, 0.29) is 82.7 Å². The summed E-state index contributed by atoms with van der Waals surface area (Å²) in [5.41, 5.74) is 6.19. The third-order valence-corrected chi connectivity index (χ3v) is 10.6. The maximum Gasteiger partial charge on any atom is 0.253 e. The van der Waals surface area contributed by atoms with E-state index in [0.29, 0.717) is 24.2 Å². The van der Waals surface area contributed by atoms with E-state index in [1.165, 1.54) is 30.5 Å². The zero-order chi connectivity index (χ0) is 48.6. The van der Waals surface area contributed by atoms with Crippen LogP contribution in [0.1, 0.15) is 35.2 Å². The summed E-state index contributed by atoms with van der Waals surface area (Å²) >= 11 is 0. The number of pyridine rings is 4. The van der Waals surface area contributed by atoms with Crippen LogP contribution in [0.25, 0.3) is 33.9 Å². The van der Waals surface area contributed by atoms with E-state index < -0.39 is 33.4 Å². The Morgan fingerprint density at radius 1 is 0.681 bits per heavy atom. The number of aryl methyl sites for hydroxylation is 1. The second-order valence-electron chi connectivity index (χ2n) is 15.1. The molecule has 2 aromatic carbocycles. The third kappa shape index (κ3) is 19.6. The van der Waals surface area contributed by atoms with Crippen molar-refractivity contribution in [1.29, 1.82) is 0 Å². The van der Waals surface area contributed by atoms with E-state index in [0.717, 1.165) is 39.2 Å². The van der Waals surface area contributed by atoms with Crippen molar-refractivity contribution < 1.29 is 57.2 Å². The summed E-state index contributed by atoms with van der Waals surface area (Å²) in [6.45, 7) is 2.83. The first-order chi connectivity index (χ1) is 32.9. The standard InChI is InChI=1S/C29H36N6O8S.2C11H8N.Ir/c1-20-8-11-30-22(17-20)23-18-21(9-12-31-23)28(39)34-24(19-44(2,41)42)29(40)33-10-4-3-5-25(36)32-13-15-43-16-14-35-26(37)6-7-27(35)38;2*1-2-6-10(7-3-1)11-8-4-5-9-12-11;/h6-9,11-12,17-18,24H,3-5,10,13-16,19H2,1-2H3,(H,32,36)(H,33,40)(H,34,39);2*1-6,8-9H;/q;2*-1;. The normalized spacial score (nSPS) is 12.0. The van der Waals surface area contributed by atoms with Crippen LogP contribution in [0, 0.1) is 19.1 Å². The Morgan fingerprint density at radius 3 is 1.81 bits per heavy atom. The Balaban J connectivity index is 0.000000331. The van der Waals surface area contributed by atoms with Crippen molar-refractivity contribution in [2.45, 2.75) is 32.2 Å². The predicted molar refractivity (Wildman–Crippen MR) is 257 cm³/mol. The number of imide groups is 1. The summed E-state index contributed by atoms with van der Waals surface area (Å²) in [4.78, 5) is 78.7. The van der Waals surface area contributed by atoms with Crippen LogP contribution >= 0.6 is 0 Å². The van der Waals surface area contributed by atoms with Crippen LogP contribution in [0.15, 0.2) is 146 Å². The molecule has 0 saturated carbocycles. The van der Waals surface area contributed by atoms with E-state index in [1.807, 2.05) is 104 Å². The molecule has 69 heavy (non-hydrogen) atoms. The minimum absolute atomic E-state index is 0. The second kappa shape index (κ2) is 28.9. The summed E-state index contributed by atoms with van der Waals surface area (Å²) < 4.78 is 29.3. The molecule has 6 aromatic rings. The molecule has 16 nitrogen and oxygen atoms in total. The molecular formula is C51H52IrN8O8S-2. The van der Waals surface area contributed by atoms with Gasteiger partial charge in [0.15, 0.2) is 0 Å². The number of hydrogen-bond donors (Lipinski definition) is 3. The van der Waals surface area contributed by atoms with Crippen molar-refractivity contribution in [2.24, 2.45) is 0 Å². The summed E-state index contributed by atoms with van der Waals surface area (Å²) in [5, 5.41) is 7.82. The van der Waals surface area contributed by atoms with Crippen LogP contribution in [-0.4, -0.2) is 114 Å². The molecule has 361 valence electrons. The summed E-state index contributed by atoms with van der Waals surface area (Å²) in [7, 11) is -3.62. The van der Waals surface area contributed by atoms with Gasteiger partial charge >= 0.3 is 0 Å². The van der Waals surface area contributed by atoms with Gasteiger partial charge < -0.3 is 30.7 Å². The first-order valence-corrected chi connectivity index (χ1v) is 23.7. The van der Waals surface area contributed by atoms with Crippen LogP contribution in [0.4, 0.5) is 0 Å². The SMILES string of the molecule is Cc1ccnc(-c2cc(C(=O)NC(CS(C)(=O)=O)C(=O)NCCCCC(=O)NCCOCCN3C(=O)C=CC3=O)ccn2)c1.[Ir].[c-]1ccccc1-c1ccccn1.[c-]1ccccc1-c1ccccn1. The van der Waals surface area contributed by atoms with Gasteiger partial charge in [0, 0.05) is 88.4 Å². The van der Waals surface area contributed by atoms with Crippen LogP contribution in [0.2, 0.25) is 0 Å². The van der Waals surface area contributed by atoms with Crippen molar-refractivity contribution >= 4 is 39.4 Å². The van der Waals surface area contributed by atoms with Crippen molar-refractivity contribution in [3.8, 4) is 33.9 Å². The fourth-order valence-electron chi connectivity index (χ4n) is 6.27. The number of aromatic nitrogens is 4. The topological polar surface area (TPSA) is 220 Å². The van der Waals surface area contributed by atoms with E-state index in [1.54, 1.807) is 18.6 Å². The number of rotatable bonds is 19. The predicted octanol–water partition coefficient (Wildman–Crippen LogP) is 5.03. The van der Waals surface area contributed by atoms with Crippen molar-refractivity contribution in [3.63, 3.8) is 0 Å². The van der Waals surface area contributed by atoms with Crippen molar-refractivity contribution in [3.05, 3.63) is 169 Å². The van der Waals surface area contributed by atoms with Crippen LogP contribution < -0.4 is 16.0 Å². The number of nitrogens with zero attached hydrogens (tertiary/aromatic N) is 5.